The molecule has 1 aromatic carbocycles. The van der Waals surface area contributed by atoms with E-state index >= 15 is 0 Å². The highest BCUT2D eigenvalue weighted by Crippen LogP contribution is 2.13. The summed E-state index contributed by atoms with van der Waals surface area (Å²) in [6, 6.07) is 7.00. The lowest BCUT2D eigenvalue weighted by Gasteiger charge is -2.11. The molecule has 0 heterocycles. The number of amides is 2. The molecule has 0 saturated carbocycles. The Morgan fingerprint density at radius 2 is 2.12 bits per heavy atom. The summed E-state index contributed by atoms with van der Waals surface area (Å²) >= 11 is 0. The van der Waals surface area contributed by atoms with E-state index in [1.807, 2.05) is 26.0 Å². The average Bonchev–Trinajstić information content (AvgIpc) is 2.26. The minimum Gasteiger partial charge on any atom is -0.384 e. The summed E-state index contributed by atoms with van der Waals surface area (Å²) in [5.74, 6) is 5.33. The second kappa shape index (κ2) is 6.56. The minimum atomic E-state index is -0.266. The molecule has 0 bridgehead atoms. The van der Waals surface area contributed by atoms with Gasteiger partial charge in [0.1, 0.15) is 6.61 Å². The van der Waals surface area contributed by atoms with Crippen molar-refractivity contribution >= 4 is 11.7 Å². The molecule has 0 saturated heterocycles. The first-order valence-electron chi connectivity index (χ1n) is 5.39. The van der Waals surface area contributed by atoms with Crippen molar-refractivity contribution in [1.82, 2.24) is 5.32 Å². The molecule has 3 N–H and O–H groups in total. The lowest BCUT2D eigenvalue weighted by atomic mass is 10.2. The van der Waals surface area contributed by atoms with Gasteiger partial charge in [-0.2, -0.15) is 0 Å². The van der Waals surface area contributed by atoms with Crippen LogP contribution in [0, 0.1) is 11.8 Å². The third-order valence-electron chi connectivity index (χ3n) is 1.90. The summed E-state index contributed by atoms with van der Waals surface area (Å²) in [7, 11) is 0. The molecule has 2 amide bonds. The van der Waals surface area contributed by atoms with Crippen LogP contribution in [0.25, 0.3) is 0 Å². The first-order valence-corrected chi connectivity index (χ1v) is 5.39. The van der Waals surface area contributed by atoms with Crippen molar-refractivity contribution in [3.63, 3.8) is 0 Å². The maximum atomic E-state index is 11.5. The van der Waals surface area contributed by atoms with Crippen LogP contribution >= 0.6 is 0 Å². The van der Waals surface area contributed by atoms with Gasteiger partial charge in [-0.25, -0.2) is 4.79 Å². The highest BCUT2D eigenvalue weighted by Gasteiger charge is 2.05. The third kappa shape index (κ3) is 4.58. The summed E-state index contributed by atoms with van der Waals surface area (Å²) in [6.45, 7) is 3.57. The van der Waals surface area contributed by atoms with E-state index in [4.69, 9.17) is 5.11 Å². The number of aliphatic hydroxyl groups excluding tert-OH is 1. The van der Waals surface area contributed by atoms with Gasteiger partial charge in [0.25, 0.3) is 0 Å². The molecule has 0 atom stereocenters. The lowest BCUT2D eigenvalue weighted by molar-refractivity contribution is 0.250. The topological polar surface area (TPSA) is 61.4 Å². The van der Waals surface area contributed by atoms with Crippen LogP contribution in [0.2, 0.25) is 0 Å². The van der Waals surface area contributed by atoms with Crippen LogP contribution < -0.4 is 10.6 Å². The molecular weight excluding hydrogens is 216 g/mol. The van der Waals surface area contributed by atoms with E-state index in [-0.39, 0.29) is 18.7 Å². The number of nitrogens with one attached hydrogen (secondary N) is 2. The van der Waals surface area contributed by atoms with Crippen LogP contribution in [0.4, 0.5) is 10.5 Å². The van der Waals surface area contributed by atoms with Crippen molar-refractivity contribution in [2.75, 3.05) is 11.9 Å². The van der Waals surface area contributed by atoms with Gasteiger partial charge in [0.05, 0.1) is 5.69 Å². The fourth-order valence-electron chi connectivity index (χ4n) is 1.26. The molecule has 90 valence electrons. The average molecular weight is 232 g/mol. The third-order valence-corrected chi connectivity index (χ3v) is 1.90. The fourth-order valence-corrected chi connectivity index (χ4v) is 1.26. The molecule has 4 heteroatoms. The number of rotatable bonds is 2. The largest absolute Gasteiger partial charge is 0.384 e. The monoisotopic (exact) mass is 232 g/mol. The number of para-hydroxylation sites is 1. The van der Waals surface area contributed by atoms with Gasteiger partial charge in [-0.15, -0.1) is 0 Å². The number of hydrogen-bond donors (Lipinski definition) is 3. The van der Waals surface area contributed by atoms with E-state index in [0.29, 0.717) is 11.3 Å². The van der Waals surface area contributed by atoms with E-state index in [1.54, 1.807) is 12.1 Å². The van der Waals surface area contributed by atoms with Crippen LogP contribution in [0.15, 0.2) is 24.3 Å². The van der Waals surface area contributed by atoms with E-state index in [9.17, 15) is 4.79 Å². The van der Waals surface area contributed by atoms with E-state index in [1.165, 1.54) is 0 Å². The molecule has 0 unspecified atom stereocenters. The number of urea groups is 1. The van der Waals surface area contributed by atoms with Gasteiger partial charge < -0.3 is 15.7 Å². The number of benzene rings is 1. The fraction of sp³-hybridized carbons (Fsp3) is 0.308. The minimum absolute atomic E-state index is 0.0747. The van der Waals surface area contributed by atoms with E-state index in [2.05, 4.69) is 22.5 Å². The summed E-state index contributed by atoms with van der Waals surface area (Å²) in [5, 5.41) is 14.1. The van der Waals surface area contributed by atoms with Crippen LogP contribution in [0.1, 0.15) is 19.4 Å². The predicted molar refractivity (Wildman–Crippen MR) is 67.7 cm³/mol. The molecule has 0 aliphatic rings. The molecule has 4 nitrogen and oxygen atoms in total. The van der Waals surface area contributed by atoms with E-state index in [0.717, 1.165) is 0 Å². The Bertz CT molecular complexity index is 444. The zero-order valence-electron chi connectivity index (χ0n) is 9.95. The first-order chi connectivity index (χ1) is 8.13. The van der Waals surface area contributed by atoms with Crippen molar-refractivity contribution in [3.05, 3.63) is 29.8 Å². The molecule has 0 radical (unpaired) electrons. The Labute approximate surface area is 101 Å². The standard InChI is InChI=1S/C13H16N2O2/c1-10(2)14-13(17)15-12-8-4-3-6-11(12)7-5-9-16/h3-4,6,8,10,16H,9H2,1-2H3,(H2,14,15,17). The van der Waals surface area contributed by atoms with Crippen LogP contribution in [0.3, 0.4) is 0 Å². The molecule has 0 aliphatic carbocycles. The number of anilines is 1. The van der Waals surface area contributed by atoms with Crippen molar-refractivity contribution < 1.29 is 9.90 Å². The number of carbonyl (C=O) groups excluding carboxylic acids is 1. The molecule has 17 heavy (non-hydrogen) atoms. The molecule has 0 fully saturated rings. The van der Waals surface area contributed by atoms with Gasteiger partial charge in [0.15, 0.2) is 0 Å². The zero-order chi connectivity index (χ0) is 12.7. The smallest absolute Gasteiger partial charge is 0.319 e. The van der Waals surface area contributed by atoms with Crippen molar-refractivity contribution in [2.45, 2.75) is 19.9 Å². The van der Waals surface area contributed by atoms with Gasteiger partial charge in [-0.3, -0.25) is 0 Å². The van der Waals surface area contributed by atoms with Gasteiger partial charge in [-0.05, 0) is 26.0 Å². The maximum absolute atomic E-state index is 11.5. The summed E-state index contributed by atoms with van der Waals surface area (Å²) in [6.07, 6.45) is 0. The zero-order valence-corrected chi connectivity index (χ0v) is 9.95. The maximum Gasteiger partial charge on any atom is 0.319 e. The predicted octanol–water partition coefficient (Wildman–Crippen LogP) is 1.56. The van der Waals surface area contributed by atoms with Crippen molar-refractivity contribution in [2.24, 2.45) is 0 Å². The van der Waals surface area contributed by atoms with Crippen molar-refractivity contribution in [3.8, 4) is 11.8 Å². The molecule has 1 aromatic rings. The van der Waals surface area contributed by atoms with Crippen LogP contribution in [-0.2, 0) is 0 Å². The van der Waals surface area contributed by atoms with Gasteiger partial charge in [-0.1, -0.05) is 24.0 Å². The molecule has 0 aromatic heterocycles. The number of hydrogen-bond acceptors (Lipinski definition) is 2. The molecule has 1 rings (SSSR count). The summed E-state index contributed by atoms with van der Waals surface area (Å²) in [4.78, 5) is 11.5. The Kier molecular flexibility index (Phi) is 5.05. The van der Waals surface area contributed by atoms with E-state index < -0.39 is 0 Å². The van der Waals surface area contributed by atoms with Gasteiger partial charge in [0, 0.05) is 11.6 Å². The highest BCUT2D eigenvalue weighted by molar-refractivity contribution is 5.90. The van der Waals surface area contributed by atoms with Gasteiger partial charge in [0.2, 0.25) is 0 Å². The molecular formula is C13H16N2O2. The number of carbonyl (C=O) groups is 1. The molecule has 0 aliphatic heterocycles. The van der Waals surface area contributed by atoms with Crippen LogP contribution in [0.5, 0.6) is 0 Å². The first kappa shape index (κ1) is 13.1. The Morgan fingerprint density at radius 1 is 1.41 bits per heavy atom. The highest BCUT2D eigenvalue weighted by atomic mass is 16.2. The quantitative estimate of drug-likeness (QED) is 0.678. The SMILES string of the molecule is CC(C)NC(=O)Nc1ccccc1C#CCO. The number of aliphatic hydroxyl groups is 1. The summed E-state index contributed by atoms with van der Waals surface area (Å²) in [5.41, 5.74) is 1.31. The Morgan fingerprint density at radius 3 is 2.76 bits per heavy atom. The van der Waals surface area contributed by atoms with Crippen molar-refractivity contribution in [1.29, 1.82) is 0 Å². The van der Waals surface area contributed by atoms with Crippen LogP contribution in [-0.4, -0.2) is 23.8 Å². The molecule has 0 spiro atoms. The second-order valence-corrected chi connectivity index (χ2v) is 3.76. The lowest BCUT2D eigenvalue weighted by Crippen LogP contribution is -2.34. The summed E-state index contributed by atoms with van der Waals surface area (Å²) < 4.78 is 0. The second-order valence-electron chi connectivity index (χ2n) is 3.76. The normalized spacial score (nSPS) is 9.41. The Hall–Kier alpha value is -1.99. The van der Waals surface area contributed by atoms with Gasteiger partial charge >= 0.3 is 6.03 Å². The Balaban J connectivity index is 2.80.